The molecule has 2 aromatic heterocycles. The molecule has 5 nitrogen and oxygen atoms in total. The number of rotatable bonds is 9. The molecule has 0 unspecified atom stereocenters. The molecule has 0 amide bonds. The van der Waals surface area contributed by atoms with Gasteiger partial charge in [-0.1, -0.05) is 29.3 Å². The van der Waals surface area contributed by atoms with Gasteiger partial charge in [0.25, 0.3) is 0 Å². The van der Waals surface area contributed by atoms with Gasteiger partial charge in [-0.15, -0.1) is 22.7 Å². The number of carbonyl (C=O) groups is 2. The Balaban J connectivity index is 1.72. The second-order valence-electron chi connectivity index (χ2n) is 6.70. The van der Waals surface area contributed by atoms with Crippen LogP contribution in [0.4, 0.5) is 0 Å². The van der Waals surface area contributed by atoms with Gasteiger partial charge in [0.05, 0.1) is 24.7 Å². The van der Waals surface area contributed by atoms with Crippen molar-refractivity contribution < 1.29 is 19.8 Å². The van der Waals surface area contributed by atoms with Crippen molar-refractivity contribution in [2.24, 2.45) is 4.99 Å². The summed E-state index contributed by atoms with van der Waals surface area (Å²) in [6.45, 7) is 1.60. The summed E-state index contributed by atoms with van der Waals surface area (Å²) in [5.74, 6) is -0.217. The fourth-order valence-corrected chi connectivity index (χ4v) is 5.01. The number of thiophene rings is 2. The van der Waals surface area contributed by atoms with Crippen molar-refractivity contribution >= 4 is 63.2 Å². The predicted molar refractivity (Wildman–Crippen MR) is 128 cm³/mol. The van der Waals surface area contributed by atoms with Crippen molar-refractivity contribution in [3.05, 3.63) is 61.1 Å². The molecular weight excluding hydrogens is 477 g/mol. The number of nitrogens with zero attached hydrogens (tertiary/aromatic N) is 1. The zero-order valence-electron chi connectivity index (χ0n) is 16.5. The zero-order chi connectivity index (χ0) is 22.5. The van der Waals surface area contributed by atoms with Crippen LogP contribution in [-0.2, 0) is 0 Å². The third-order valence-electron chi connectivity index (χ3n) is 4.51. The van der Waals surface area contributed by atoms with Crippen LogP contribution in [0.15, 0.2) is 40.7 Å². The average molecular weight is 496 g/mol. The lowest BCUT2D eigenvalue weighted by Crippen LogP contribution is -2.04. The Kier molecular flexibility index (Phi) is 8.02. The molecule has 0 bridgehead atoms. The molecule has 0 radical (unpaired) electrons. The van der Waals surface area contributed by atoms with E-state index in [9.17, 15) is 14.7 Å². The lowest BCUT2D eigenvalue weighted by Gasteiger charge is -2.03. The van der Waals surface area contributed by atoms with E-state index in [0.29, 0.717) is 42.4 Å². The zero-order valence-corrected chi connectivity index (χ0v) is 19.7. The van der Waals surface area contributed by atoms with E-state index in [2.05, 4.69) is 4.99 Å². The first kappa shape index (κ1) is 23.6. The molecule has 0 atom stereocenters. The predicted octanol–water partition coefficient (Wildman–Crippen LogP) is 6.14. The molecule has 31 heavy (non-hydrogen) atoms. The normalized spacial score (nSPS) is 11.7. The molecule has 0 saturated heterocycles. The molecule has 0 aliphatic heterocycles. The molecule has 3 rings (SSSR count). The monoisotopic (exact) mass is 495 g/mol. The largest absolute Gasteiger partial charge is 0.506 e. The Bertz CT molecular complexity index is 1150. The Labute approximate surface area is 197 Å². The summed E-state index contributed by atoms with van der Waals surface area (Å²) in [5.41, 5.74) is 1.82. The van der Waals surface area contributed by atoms with Crippen LogP contribution in [0.3, 0.4) is 0 Å². The Morgan fingerprint density at radius 3 is 2.45 bits per heavy atom. The maximum atomic E-state index is 12.5. The number of halogens is 2. The quantitative estimate of drug-likeness (QED) is 0.275. The van der Waals surface area contributed by atoms with E-state index in [-0.39, 0.29) is 36.9 Å². The summed E-state index contributed by atoms with van der Waals surface area (Å²) >= 11 is 14.5. The Morgan fingerprint density at radius 2 is 1.77 bits per heavy atom. The highest BCUT2D eigenvalue weighted by molar-refractivity contribution is 7.16. The van der Waals surface area contributed by atoms with Crippen LogP contribution in [0.25, 0.3) is 10.4 Å². The number of aliphatic hydroxyl groups is 1. The molecule has 9 heteroatoms. The number of aromatic hydroxyl groups is 1. The van der Waals surface area contributed by atoms with Crippen molar-refractivity contribution in [2.75, 3.05) is 13.2 Å². The van der Waals surface area contributed by atoms with Crippen LogP contribution in [0.2, 0.25) is 10.0 Å². The molecule has 3 aromatic rings. The third-order valence-corrected chi connectivity index (χ3v) is 7.44. The average Bonchev–Trinajstić information content (AvgIpc) is 3.39. The van der Waals surface area contributed by atoms with Gasteiger partial charge in [0, 0.05) is 29.7 Å². The van der Waals surface area contributed by atoms with Crippen LogP contribution in [0.1, 0.15) is 44.7 Å². The molecule has 0 spiro atoms. The van der Waals surface area contributed by atoms with Crippen molar-refractivity contribution in [2.45, 2.75) is 19.8 Å². The van der Waals surface area contributed by atoms with Gasteiger partial charge in [-0.25, -0.2) is 0 Å². The van der Waals surface area contributed by atoms with Gasteiger partial charge in [-0.3, -0.25) is 14.6 Å². The Morgan fingerprint density at radius 1 is 1.06 bits per heavy atom. The second kappa shape index (κ2) is 10.5. The van der Waals surface area contributed by atoms with Gasteiger partial charge in [0.1, 0.15) is 12.3 Å². The minimum Gasteiger partial charge on any atom is -0.506 e. The smallest absolute Gasteiger partial charge is 0.194 e. The van der Waals surface area contributed by atoms with Crippen molar-refractivity contribution in [1.29, 1.82) is 0 Å². The van der Waals surface area contributed by atoms with Gasteiger partial charge < -0.3 is 10.2 Å². The number of hydrogen-bond acceptors (Lipinski definition) is 7. The van der Waals surface area contributed by atoms with Crippen LogP contribution in [-0.4, -0.2) is 40.6 Å². The van der Waals surface area contributed by atoms with E-state index in [1.807, 2.05) is 0 Å². The standard InChI is InChI=1S/C22H19Cl2NO4S2/c1-12(14-11-30-22(21(14)29)13-4-5-15(23)16(24)9-13)25-10-18(28)20-7-6-19(31-20)17(27)3-2-8-26/h4-7,9,11,26,29H,2-3,8,10H2,1H3. The van der Waals surface area contributed by atoms with E-state index in [0.717, 1.165) is 16.9 Å². The lowest BCUT2D eigenvalue weighted by atomic mass is 10.1. The SMILES string of the molecule is CC(=NCC(=O)c1ccc(C(=O)CCCO)s1)c1csc(-c2ccc(Cl)c(Cl)c2)c1O. The van der Waals surface area contributed by atoms with Crippen LogP contribution >= 0.6 is 45.9 Å². The highest BCUT2D eigenvalue weighted by atomic mass is 35.5. The lowest BCUT2D eigenvalue weighted by molar-refractivity contribution is 0.0974. The molecule has 0 saturated carbocycles. The summed E-state index contributed by atoms with van der Waals surface area (Å²) in [7, 11) is 0. The first-order chi connectivity index (χ1) is 14.8. The highest BCUT2D eigenvalue weighted by Crippen LogP contribution is 2.40. The number of ketones is 2. The van der Waals surface area contributed by atoms with Crippen molar-refractivity contribution in [1.82, 2.24) is 0 Å². The number of aliphatic imine (C=N–C) groups is 1. The summed E-state index contributed by atoms with van der Waals surface area (Å²) in [5, 5.41) is 22.1. The molecule has 0 aliphatic rings. The molecule has 0 fully saturated rings. The van der Waals surface area contributed by atoms with Gasteiger partial charge in [-0.05, 0) is 43.2 Å². The summed E-state index contributed by atoms with van der Waals surface area (Å²) < 4.78 is 0. The number of aliphatic hydroxyl groups excluding tert-OH is 1. The second-order valence-corrected chi connectivity index (χ2v) is 9.47. The molecule has 0 aliphatic carbocycles. The minimum absolute atomic E-state index is 0.0426. The molecule has 2 N–H and O–H groups in total. The maximum absolute atomic E-state index is 12.5. The van der Waals surface area contributed by atoms with Crippen molar-refractivity contribution in [3.63, 3.8) is 0 Å². The molecule has 162 valence electrons. The van der Waals surface area contributed by atoms with E-state index in [4.69, 9.17) is 28.3 Å². The molecule has 2 heterocycles. The Hall–Kier alpha value is -2.03. The van der Waals surface area contributed by atoms with Gasteiger partial charge in [-0.2, -0.15) is 0 Å². The maximum Gasteiger partial charge on any atom is 0.194 e. The van der Waals surface area contributed by atoms with Crippen LogP contribution < -0.4 is 0 Å². The number of Topliss-reactive ketones (excluding diaryl/α,β-unsaturated/α-hetero) is 2. The fourth-order valence-electron chi connectivity index (χ4n) is 2.80. The van der Waals surface area contributed by atoms with Crippen LogP contribution in [0, 0.1) is 0 Å². The first-order valence-corrected chi connectivity index (χ1v) is 11.8. The third kappa shape index (κ3) is 5.61. The summed E-state index contributed by atoms with van der Waals surface area (Å²) in [6.07, 6.45) is 0.651. The van der Waals surface area contributed by atoms with E-state index in [1.54, 1.807) is 42.6 Å². The van der Waals surface area contributed by atoms with Gasteiger partial charge >= 0.3 is 0 Å². The van der Waals surface area contributed by atoms with Gasteiger partial charge in [0.2, 0.25) is 0 Å². The fraction of sp³-hybridized carbons (Fsp3) is 0.227. The van der Waals surface area contributed by atoms with E-state index < -0.39 is 0 Å². The number of hydrogen-bond donors (Lipinski definition) is 2. The first-order valence-electron chi connectivity index (χ1n) is 9.36. The molecular formula is C22H19Cl2NO4S2. The minimum atomic E-state index is -0.204. The van der Waals surface area contributed by atoms with E-state index >= 15 is 0 Å². The number of carbonyl (C=O) groups excluding carboxylic acids is 2. The highest BCUT2D eigenvalue weighted by Gasteiger charge is 2.17. The summed E-state index contributed by atoms with van der Waals surface area (Å²) in [6, 6.07) is 8.37. The summed E-state index contributed by atoms with van der Waals surface area (Å²) in [4.78, 5) is 30.4. The van der Waals surface area contributed by atoms with Crippen molar-refractivity contribution in [3.8, 4) is 16.2 Å². The van der Waals surface area contributed by atoms with Crippen LogP contribution in [0.5, 0.6) is 5.75 Å². The number of benzene rings is 1. The topological polar surface area (TPSA) is 87.0 Å². The molecule has 1 aromatic carbocycles. The van der Waals surface area contributed by atoms with E-state index in [1.165, 1.54) is 11.3 Å². The van der Waals surface area contributed by atoms with Gasteiger partial charge in [0.15, 0.2) is 11.6 Å².